The number of hydrazone groups is 1. The molecule has 3 aromatic carbocycles. The molecule has 0 atom stereocenters. The molecule has 0 saturated carbocycles. The van der Waals surface area contributed by atoms with E-state index < -0.39 is 28.4 Å². The molecule has 4 rings (SSSR count). The number of aromatic nitrogens is 2. The van der Waals surface area contributed by atoms with Crippen molar-refractivity contribution >= 4 is 23.8 Å². The lowest BCUT2D eigenvalue weighted by atomic mass is 10.1. The Bertz CT molecular complexity index is 1520. The number of nitrogens with one attached hydrogen (secondary N) is 1. The van der Waals surface area contributed by atoms with Crippen LogP contribution in [0.4, 0.5) is 14.5 Å². The van der Waals surface area contributed by atoms with E-state index in [0.29, 0.717) is 22.8 Å². The fourth-order valence-electron chi connectivity index (χ4n) is 3.32. The number of rotatable bonds is 7. The smallest absolute Gasteiger partial charge is 0.337 e. The molecule has 12 heteroatoms. The summed E-state index contributed by atoms with van der Waals surface area (Å²) in [5.74, 6) is -3.02. The van der Waals surface area contributed by atoms with Gasteiger partial charge in [-0.1, -0.05) is 12.1 Å². The van der Waals surface area contributed by atoms with Crippen molar-refractivity contribution in [2.75, 3.05) is 7.11 Å². The second-order valence-corrected chi connectivity index (χ2v) is 7.54. The molecule has 4 aromatic rings. The van der Waals surface area contributed by atoms with Gasteiger partial charge in [0.15, 0.2) is 5.82 Å². The monoisotopic (exact) mass is 505 g/mol. The van der Waals surface area contributed by atoms with Crippen LogP contribution in [-0.4, -0.2) is 39.9 Å². The molecular weight excluding hydrogens is 488 g/mol. The number of hydrogen-bond acceptors (Lipinski definition) is 7. The van der Waals surface area contributed by atoms with Crippen LogP contribution in [0, 0.1) is 21.7 Å². The molecule has 0 bridgehead atoms. The van der Waals surface area contributed by atoms with Gasteiger partial charge in [0.2, 0.25) is 0 Å². The minimum Gasteiger partial charge on any atom is -0.465 e. The van der Waals surface area contributed by atoms with Gasteiger partial charge in [0, 0.05) is 23.8 Å². The Morgan fingerprint density at radius 3 is 2.38 bits per heavy atom. The molecule has 1 aromatic heterocycles. The highest BCUT2D eigenvalue weighted by atomic mass is 19.1. The number of nitrogens with zero attached hydrogens (tertiary/aromatic N) is 4. The fraction of sp³-hybridized carbons (Fsp3) is 0.0400. The highest BCUT2D eigenvalue weighted by Gasteiger charge is 2.20. The van der Waals surface area contributed by atoms with E-state index in [1.807, 2.05) is 0 Å². The molecule has 0 unspecified atom stereocenters. The molecule has 0 saturated heterocycles. The summed E-state index contributed by atoms with van der Waals surface area (Å²) in [5, 5.41) is 19.1. The number of nitro benzene ring substituents is 1. The van der Waals surface area contributed by atoms with Gasteiger partial charge >= 0.3 is 5.97 Å². The van der Waals surface area contributed by atoms with Crippen molar-refractivity contribution in [3.05, 3.63) is 111 Å². The number of nitro groups is 1. The van der Waals surface area contributed by atoms with Crippen molar-refractivity contribution in [2.45, 2.75) is 0 Å². The number of carbonyl (C=O) groups is 2. The third-order valence-corrected chi connectivity index (χ3v) is 5.17. The summed E-state index contributed by atoms with van der Waals surface area (Å²) >= 11 is 0. The Hall–Kier alpha value is -5.26. The lowest BCUT2D eigenvalue weighted by Gasteiger charge is -2.07. The molecule has 0 radical (unpaired) electrons. The molecule has 10 nitrogen and oxygen atoms in total. The van der Waals surface area contributed by atoms with E-state index >= 15 is 0 Å². The molecule has 1 N–H and O–H groups in total. The first-order valence-corrected chi connectivity index (χ1v) is 10.6. The maximum atomic E-state index is 14.6. The zero-order chi connectivity index (χ0) is 26.5. The maximum absolute atomic E-state index is 14.6. The minimum absolute atomic E-state index is 0.128. The van der Waals surface area contributed by atoms with Crippen LogP contribution in [0.1, 0.15) is 26.4 Å². The van der Waals surface area contributed by atoms with Gasteiger partial charge in [0.05, 0.1) is 29.5 Å². The highest BCUT2D eigenvalue weighted by Crippen LogP contribution is 2.25. The first kappa shape index (κ1) is 24.9. The Labute approximate surface area is 208 Å². The topological polar surface area (TPSA) is 129 Å². The van der Waals surface area contributed by atoms with Gasteiger partial charge in [0.25, 0.3) is 11.6 Å². The van der Waals surface area contributed by atoms with Crippen LogP contribution in [0.3, 0.4) is 0 Å². The van der Waals surface area contributed by atoms with E-state index in [1.165, 1.54) is 55.8 Å². The standard InChI is InChI=1S/C25H17F2N5O5/c1-37-25(34)17-4-2-15(3-5-17)14-28-29-24(33)23-13-21(16-6-9-19(10-7-16)32(35)36)30-31(23)22-11-8-18(26)12-20(22)27/h2-14H,1H3,(H,29,33). The molecule has 0 fully saturated rings. The van der Waals surface area contributed by atoms with Gasteiger partial charge in [-0.2, -0.15) is 10.2 Å². The Kier molecular flexibility index (Phi) is 7.09. The molecule has 0 spiro atoms. The average Bonchev–Trinajstić information content (AvgIpc) is 3.34. The quantitative estimate of drug-likeness (QED) is 0.173. The number of non-ortho nitro benzene ring substituents is 1. The summed E-state index contributed by atoms with van der Waals surface area (Å²) in [7, 11) is 1.27. The minimum atomic E-state index is -0.957. The van der Waals surface area contributed by atoms with E-state index in [2.05, 4.69) is 20.4 Å². The summed E-state index contributed by atoms with van der Waals surface area (Å²) in [5.41, 5.74) is 3.41. The van der Waals surface area contributed by atoms with Gasteiger partial charge < -0.3 is 4.74 Å². The highest BCUT2D eigenvalue weighted by molar-refractivity contribution is 5.95. The van der Waals surface area contributed by atoms with Crippen molar-refractivity contribution in [3.63, 3.8) is 0 Å². The van der Waals surface area contributed by atoms with E-state index in [-0.39, 0.29) is 22.8 Å². The molecule has 1 heterocycles. The molecule has 0 aliphatic heterocycles. The van der Waals surface area contributed by atoms with Crippen LogP contribution in [-0.2, 0) is 4.74 Å². The predicted octanol–water partition coefficient (Wildman–Crippen LogP) is 4.28. The normalized spacial score (nSPS) is 10.9. The van der Waals surface area contributed by atoms with Crippen LogP contribution < -0.4 is 5.43 Å². The maximum Gasteiger partial charge on any atom is 0.337 e. The summed E-state index contributed by atoms with van der Waals surface area (Å²) in [6, 6.07) is 15.8. The lowest BCUT2D eigenvalue weighted by Crippen LogP contribution is -2.21. The SMILES string of the molecule is COC(=O)c1ccc(C=NNC(=O)c2cc(-c3ccc([N+](=O)[O-])cc3)nn2-c2ccc(F)cc2F)cc1. The molecule has 0 aliphatic carbocycles. The predicted molar refractivity (Wildman–Crippen MR) is 128 cm³/mol. The van der Waals surface area contributed by atoms with E-state index in [1.54, 1.807) is 12.1 Å². The van der Waals surface area contributed by atoms with Crippen LogP contribution in [0.5, 0.6) is 0 Å². The number of amides is 1. The molecular formula is C25H17F2N5O5. The fourth-order valence-corrected chi connectivity index (χ4v) is 3.32. The van der Waals surface area contributed by atoms with Crippen LogP contribution >= 0.6 is 0 Å². The summed E-state index contributed by atoms with van der Waals surface area (Å²) in [4.78, 5) is 34.9. The molecule has 0 aliphatic rings. The summed E-state index contributed by atoms with van der Waals surface area (Å²) in [6.07, 6.45) is 1.33. The zero-order valence-corrected chi connectivity index (χ0v) is 19.1. The number of esters is 1. The Morgan fingerprint density at radius 1 is 1.05 bits per heavy atom. The largest absolute Gasteiger partial charge is 0.465 e. The molecule has 37 heavy (non-hydrogen) atoms. The van der Waals surface area contributed by atoms with Crippen molar-refractivity contribution < 1.29 is 28.0 Å². The van der Waals surface area contributed by atoms with Crippen LogP contribution in [0.15, 0.2) is 77.9 Å². The first-order chi connectivity index (χ1) is 17.8. The summed E-state index contributed by atoms with van der Waals surface area (Å²) < 4.78 is 33.6. The van der Waals surface area contributed by atoms with Crippen molar-refractivity contribution in [1.29, 1.82) is 0 Å². The van der Waals surface area contributed by atoms with E-state index in [4.69, 9.17) is 0 Å². The third-order valence-electron chi connectivity index (χ3n) is 5.17. The van der Waals surface area contributed by atoms with Gasteiger partial charge in [-0.05, 0) is 48.0 Å². The molecule has 186 valence electrons. The third kappa shape index (κ3) is 5.53. The number of ether oxygens (including phenoxy) is 1. The second-order valence-electron chi connectivity index (χ2n) is 7.54. The van der Waals surface area contributed by atoms with Crippen LogP contribution in [0.2, 0.25) is 0 Å². The number of carbonyl (C=O) groups excluding carboxylic acids is 2. The Balaban J connectivity index is 1.64. The Morgan fingerprint density at radius 2 is 1.76 bits per heavy atom. The first-order valence-electron chi connectivity index (χ1n) is 10.6. The zero-order valence-electron chi connectivity index (χ0n) is 19.1. The van der Waals surface area contributed by atoms with Crippen molar-refractivity contribution in [2.24, 2.45) is 5.10 Å². The van der Waals surface area contributed by atoms with Gasteiger partial charge in [0.1, 0.15) is 17.2 Å². The average molecular weight is 505 g/mol. The lowest BCUT2D eigenvalue weighted by molar-refractivity contribution is -0.384. The number of hydrogen-bond donors (Lipinski definition) is 1. The van der Waals surface area contributed by atoms with Gasteiger partial charge in [-0.25, -0.2) is 23.7 Å². The summed E-state index contributed by atoms with van der Waals surface area (Å²) in [6.45, 7) is 0. The number of methoxy groups -OCH3 is 1. The van der Waals surface area contributed by atoms with Gasteiger partial charge in [-0.3, -0.25) is 14.9 Å². The number of halogens is 2. The number of benzene rings is 3. The van der Waals surface area contributed by atoms with Crippen LogP contribution in [0.25, 0.3) is 16.9 Å². The van der Waals surface area contributed by atoms with E-state index in [9.17, 15) is 28.5 Å². The van der Waals surface area contributed by atoms with Gasteiger partial charge in [-0.15, -0.1) is 0 Å². The second kappa shape index (κ2) is 10.6. The van der Waals surface area contributed by atoms with Crippen molar-refractivity contribution in [3.8, 4) is 16.9 Å². The van der Waals surface area contributed by atoms with Crippen molar-refractivity contribution in [1.82, 2.24) is 15.2 Å². The van der Waals surface area contributed by atoms with E-state index in [0.717, 1.165) is 16.8 Å². The molecule has 1 amide bonds.